The van der Waals surface area contributed by atoms with Crippen LogP contribution in [0, 0.1) is 0 Å². The highest BCUT2D eigenvalue weighted by atomic mass is 16.5. The lowest BCUT2D eigenvalue weighted by Gasteiger charge is -2.33. The van der Waals surface area contributed by atoms with Crippen LogP contribution in [0.5, 0.6) is 0 Å². The molecule has 0 aliphatic carbocycles. The van der Waals surface area contributed by atoms with Crippen LogP contribution in [0.1, 0.15) is 32.8 Å². The molecule has 112 valence electrons. The lowest BCUT2D eigenvalue weighted by Crippen LogP contribution is -2.54. The first-order valence-electron chi connectivity index (χ1n) is 7.32. The number of rotatable bonds is 8. The van der Waals surface area contributed by atoms with Crippen LogP contribution in [0.25, 0.3) is 0 Å². The number of likely N-dealkylation sites (N-methyl/N-ethyl adjacent to an activating group) is 1. The molecule has 1 aromatic carbocycles. The monoisotopic (exact) mass is 278 g/mol. The van der Waals surface area contributed by atoms with Crippen LogP contribution < -0.4 is 5.73 Å². The topological polar surface area (TPSA) is 55.6 Å². The molecule has 0 saturated heterocycles. The van der Waals surface area contributed by atoms with E-state index in [1.807, 2.05) is 30.3 Å². The van der Waals surface area contributed by atoms with E-state index in [4.69, 9.17) is 10.5 Å². The molecule has 1 aromatic rings. The number of hydrogen-bond donors (Lipinski definition) is 1. The standard InChI is InChI=1S/C16H26N2O2/c1-4-12-18(5-2)13-16(17,15(19)20-6-3)14-10-8-7-9-11-14/h7-11H,4-6,12-13,17H2,1-3H3. The maximum atomic E-state index is 12.3. The summed E-state index contributed by atoms with van der Waals surface area (Å²) in [6.07, 6.45) is 1.03. The Kier molecular flexibility index (Phi) is 6.68. The van der Waals surface area contributed by atoms with Crippen molar-refractivity contribution >= 4 is 5.97 Å². The maximum Gasteiger partial charge on any atom is 0.332 e. The number of ether oxygens (including phenoxy) is 1. The average molecular weight is 278 g/mol. The van der Waals surface area contributed by atoms with Crippen molar-refractivity contribution < 1.29 is 9.53 Å². The fraction of sp³-hybridized carbons (Fsp3) is 0.562. The van der Waals surface area contributed by atoms with E-state index in [1.54, 1.807) is 6.92 Å². The minimum absolute atomic E-state index is 0.338. The Balaban J connectivity index is 3.04. The van der Waals surface area contributed by atoms with Crippen LogP contribution in [0.3, 0.4) is 0 Å². The van der Waals surface area contributed by atoms with Crippen molar-refractivity contribution in [3.8, 4) is 0 Å². The van der Waals surface area contributed by atoms with E-state index in [-0.39, 0.29) is 5.97 Å². The smallest absolute Gasteiger partial charge is 0.332 e. The minimum atomic E-state index is -1.11. The van der Waals surface area contributed by atoms with Crippen molar-refractivity contribution in [1.82, 2.24) is 4.90 Å². The first-order chi connectivity index (χ1) is 9.58. The van der Waals surface area contributed by atoms with Gasteiger partial charge in [0.25, 0.3) is 0 Å². The predicted molar refractivity (Wildman–Crippen MR) is 81.3 cm³/mol. The lowest BCUT2D eigenvalue weighted by molar-refractivity contribution is -0.151. The van der Waals surface area contributed by atoms with Crippen LogP contribution in [-0.2, 0) is 15.1 Å². The molecule has 20 heavy (non-hydrogen) atoms. The summed E-state index contributed by atoms with van der Waals surface area (Å²) in [6.45, 7) is 8.58. The molecule has 1 unspecified atom stereocenters. The van der Waals surface area contributed by atoms with Gasteiger partial charge in [0.2, 0.25) is 0 Å². The number of carbonyl (C=O) groups is 1. The van der Waals surface area contributed by atoms with Crippen molar-refractivity contribution in [1.29, 1.82) is 0 Å². The van der Waals surface area contributed by atoms with E-state index < -0.39 is 5.54 Å². The summed E-state index contributed by atoms with van der Waals surface area (Å²) in [4.78, 5) is 14.5. The van der Waals surface area contributed by atoms with Gasteiger partial charge in [-0.15, -0.1) is 0 Å². The Morgan fingerprint density at radius 2 is 1.90 bits per heavy atom. The molecule has 0 bridgehead atoms. The summed E-state index contributed by atoms with van der Waals surface area (Å²) < 4.78 is 5.19. The molecule has 0 saturated carbocycles. The molecule has 1 atom stereocenters. The van der Waals surface area contributed by atoms with Crippen molar-refractivity contribution in [3.05, 3.63) is 35.9 Å². The van der Waals surface area contributed by atoms with Gasteiger partial charge < -0.3 is 15.4 Å². The van der Waals surface area contributed by atoms with E-state index in [9.17, 15) is 4.79 Å². The largest absolute Gasteiger partial charge is 0.464 e. The van der Waals surface area contributed by atoms with Crippen LogP contribution in [0.15, 0.2) is 30.3 Å². The third kappa shape index (κ3) is 4.05. The van der Waals surface area contributed by atoms with E-state index in [0.717, 1.165) is 25.1 Å². The normalized spacial score (nSPS) is 14.1. The number of nitrogens with two attached hydrogens (primary N) is 1. The molecule has 4 heteroatoms. The molecule has 0 aliphatic heterocycles. The summed E-state index contributed by atoms with van der Waals surface area (Å²) in [5.74, 6) is -0.360. The zero-order valence-electron chi connectivity index (χ0n) is 12.8. The fourth-order valence-corrected chi connectivity index (χ4v) is 2.29. The molecule has 0 fully saturated rings. The molecule has 0 amide bonds. The Bertz CT molecular complexity index is 408. The predicted octanol–water partition coefficient (Wildman–Crippen LogP) is 2.14. The minimum Gasteiger partial charge on any atom is -0.464 e. The summed E-state index contributed by atoms with van der Waals surface area (Å²) in [5, 5.41) is 0. The Morgan fingerprint density at radius 3 is 2.40 bits per heavy atom. The van der Waals surface area contributed by atoms with Gasteiger partial charge in [0.1, 0.15) is 0 Å². The number of nitrogens with zero attached hydrogens (tertiary/aromatic N) is 1. The van der Waals surface area contributed by atoms with Gasteiger partial charge in [0, 0.05) is 6.54 Å². The highest BCUT2D eigenvalue weighted by molar-refractivity contribution is 5.82. The summed E-state index contributed by atoms with van der Waals surface area (Å²) in [6, 6.07) is 9.48. The molecule has 1 rings (SSSR count). The van der Waals surface area contributed by atoms with Gasteiger partial charge >= 0.3 is 5.97 Å². The van der Waals surface area contributed by atoms with Crippen LogP contribution >= 0.6 is 0 Å². The van der Waals surface area contributed by atoms with Crippen molar-refractivity contribution in [2.75, 3.05) is 26.2 Å². The molecule has 0 aromatic heterocycles. The second kappa shape index (κ2) is 8.02. The molecule has 4 nitrogen and oxygen atoms in total. The average Bonchev–Trinajstić information content (AvgIpc) is 2.47. The SMILES string of the molecule is CCCN(CC)CC(N)(C(=O)OCC)c1ccccc1. The molecule has 0 radical (unpaired) electrons. The van der Waals surface area contributed by atoms with Crippen molar-refractivity contribution in [2.24, 2.45) is 5.73 Å². The van der Waals surface area contributed by atoms with Gasteiger partial charge in [0.15, 0.2) is 5.54 Å². The second-order valence-electron chi connectivity index (χ2n) is 4.93. The highest BCUT2D eigenvalue weighted by Crippen LogP contribution is 2.21. The number of esters is 1. The lowest BCUT2D eigenvalue weighted by atomic mass is 9.90. The van der Waals surface area contributed by atoms with Gasteiger partial charge in [-0.3, -0.25) is 0 Å². The summed E-state index contributed by atoms with van der Waals surface area (Å²) in [7, 11) is 0. The Morgan fingerprint density at radius 1 is 1.25 bits per heavy atom. The van der Waals surface area contributed by atoms with Crippen LogP contribution in [-0.4, -0.2) is 37.1 Å². The first-order valence-corrected chi connectivity index (χ1v) is 7.32. The molecule has 2 N–H and O–H groups in total. The molecular formula is C16H26N2O2. The number of hydrogen-bond acceptors (Lipinski definition) is 4. The van der Waals surface area contributed by atoms with E-state index in [0.29, 0.717) is 13.2 Å². The molecular weight excluding hydrogens is 252 g/mol. The zero-order chi connectivity index (χ0) is 15.0. The quantitative estimate of drug-likeness (QED) is 0.740. The zero-order valence-corrected chi connectivity index (χ0v) is 12.8. The van der Waals surface area contributed by atoms with E-state index >= 15 is 0 Å². The van der Waals surface area contributed by atoms with Crippen LogP contribution in [0.2, 0.25) is 0 Å². The number of carbonyl (C=O) groups excluding carboxylic acids is 1. The molecule has 0 spiro atoms. The van der Waals surface area contributed by atoms with Crippen LogP contribution in [0.4, 0.5) is 0 Å². The third-order valence-corrected chi connectivity index (χ3v) is 3.39. The fourth-order valence-electron chi connectivity index (χ4n) is 2.29. The van der Waals surface area contributed by atoms with Gasteiger partial charge in [-0.05, 0) is 32.0 Å². The Hall–Kier alpha value is -1.39. The number of benzene rings is 1. The van der Waals surface area contributed by atoms with Gasteiger partial charge in [-0.1, -0.05) is 44.2 Å². The van der Waals surface area contributed by atoms with Gasteiger partial charge in [-0.25, -0.2) is 4.79 Å². The second-order valence-corrected chi connectivity index (χ2v) is 4.93. The van der Waals surface area contributed by atoms with Gasteiger partial charge in [0.05, 0.1) is 6.61 Å². The Labute approximate surface area is 121 Å². The highest BCUT2D eigenvalue weighted by Gasteiger charge is 2.38. The first kappa shape index (κ1) is 16.7. The van der Waals surface area contributed by atoms with E-state index in [2.05, 4.69) is 18.7 Å². The molecule has 0 aliphatic rings. The van der Waals surface area contributed by atoms with Crippen molar-refractivity contribution in [2.45, 2.75) is 32.7 Å². The van der Waals surface area contributed by atoms with Crippen molar-refractivity contribution in [3.63, 3.8) is 0 Å². The summed E-state index contributed by atoms with van der Waals surface area (Å²) in [5.41, 5.74) is 6.13. The van der Waals surface area contributed by atoms with Gasteiger partial charge in [-0.2, -0.15) is 0 Å². The van der Waals surface area contributed by atoms with E-state index in [1.165, 1.54) is 0 Å². The summed E-state index contributed by atoms with van der Waals surface area (Å²) >= 11 is 0. The molecule has 0 heterocycles. The maximum absolute atomic E-state index is 12.3. The third-order valence-electron chi connectivity index (χ3n) is 3.39.